The zero-order valence-corrected chi connectivity index (χ0v) is 9.64. The van der Waals surface area contributed by atoms with Crippen LogP contribution in [0.4, 0.5) is 11.4 Å². The highest BCUT2D eigenvalue weighted by Gasteiger charge is 2.09. The van der Waals surface area contributed by atoms with Crippen LogP contribution in [-0.4, -0.2) is 12.6 Å². The van der Waals surface area contributed by atoms with E-state index in [0.29, 0.717) is 6.04 Å². The molecule has 15 heavy (non-hydrogen) atoms. The van der Waals surface area contributed by atoms with Gasteiger partial charge in [-0.2, -0.15) is 0 Å². The zero-order valence-electron chi connectivity index (χ0n) is 9.64. The van der Waals surface area contributed by atoms with Crippen LogP contribution >= 0.6 is 0 Å². The Kier molecular flexibility index (Phi) is 3.14. The lowest BCUT2D eigenvalue weighted by Gasteiger charge is -2.20. The summed E-state index contributed by atoms with van der Waals surface area (Å²) >= 11 is 0. The average molecular weight is 204 g/mol. The number of hydrogen-bond acceptors (Lipinski definition) is 2. The summed E-state index contributed by atoms with van der Waals surface area (Å²) in [5.41, 5.74) is 4.00. The summed E-state index contributed by atoms with van der Waals surface area (Å²) in [6, 6.07) is 7.22. The summed E-state index contributed by atoms with van der Waals surface area (Å²) in [7, 11) is 0. The zero-order chi connectivity index (χ0) is 10.7. The molecule has 82 valence electrons. The van der Waals surface area contributed by atoms with Gasteiger partial charge in [-0.1, -0.05) is 13.0 Å². The number of benzene rings is 1. The lowest BCUT2D eigenvalue weighted by molar-refractivity contribution is 0.763. The quantitative estimate of drug-likeness (QED) is 0.789. The molecule has 2 heteroatoms. The van der Waals surface area contributed by atoms with Gasteiger partial charge < -0.3 is 10.6 Å². The fourth-order valence-corrected chi connectivity index (χ4v) is 1.94. The first kappa shape index (κ1) is 10.3. The fraction of sp³-hybridized carbons (Fsp3) is 0.538. The van der Waals surface area contributed by atoms with Crippen molar-refractivity contribution >= 4 is 11.4 Å². The fourth-order valence-electron chi connectivity index (χ4n) is 1.94. The third-order valence-electron chi connectivity index (χ3n) is 3.07. The van der Waals surface area contributed by atoms with Gasteiger partial charge in [-0.3, -0.25) is 0 Å². The lowest BCUT2D eigenvalue weighted by Crippen LogP contribution is -2.15. The normalized spacial score (nSPS) is 16.4. The second-order valence-corrected chi connectivity index (χ2v) is 4.36. The summed E-state index contributed by atoms with van der Waals surface area (Å²) in [6.45, 7) is 5.53. The van der Waals surface area contributed by atoms with E-state index in [1.54, 1.807) is 0 Å². The minimum atomic E-state index is 0.548. The average Bonchev–Trinajstić information content (AvgIpc) is 2.29. The Morgan fingerprint density at radius 2 is 2.33 bits per heavy atom. The van der Waals surface area contributed by atoms with Crippen molar-refractivity contribution in [1.82, 2.24) is 0 Å². The van der Waals surface area contributed by atoms with Crippen LogP contribution in [0, 0.1) is 0 Å². The van der Waals surface area contributed by atoms with Crippen molar-refractivity contribution in [3.8, 4) is 0 Å². The van der Waals surface area contributed by atoms with Crippen molar-refractivity contribution in [3.05, 3.63) is 23.8 Å². The molecular weight excluding hydrogens is 184 g/mol. The Morgan fingerprint density at radius 3 is 3.13 bits per heavy atom. The van der Waals surface area contributed by atoms with Crippen LogP contribution in [0.3, 0.4) is 0 Å². The van der Waals surface area contributed by atoms with Gasteiger partial charge in [0.05, 0.1) is 0 Å². The van der Waals surface area contributed by atoms with E-state index in [0.717, 1.165) is 13.0 Å². The standard InChI is InChI=1S/C13H20N2/c1-3-10(2)15-12-7-6-11-5-4-8-14-13(11)9-12/h6-7,9-10,14-15H,3-5,8H2,1-2H3. The molecule has 1 unspecified atom stereocenters. The number of aryl methyl sites for hydroxylation is 1. The Hall–Kier alpha value is -1.18. The van der Waals surface area contributed by atoms with Gasteiger partial charge in [-0.25, -0.2) is 0 Å². The molecule has 1 aliphatic rings. The Bertz CT molecular complexity index is 333. The molecule has 0 radical (unpaired) electrons. The van der Waals surface area contributed by atoms with E-state index in [1.165, 1.54) is 29.8 Å². The predicted octanol–water partition coefficient (Wildman–Crippen LogP) is 3.26. The molecule has 1 heterocycles. The van der Waals surface area contributed by atoms with Crippen LogP contribution in [0.15, 0.2) is 18.2 Å². The number of hydrogen-bond donors (Lipinski definition) is 2. The third kappa shape index (κ3) is 2.44. The predicted molar refractivity (Wildman–Crippen MR) is 66.6 cm³/mol. The molecule has 1 aromatic carbocycles. The van der Waals surface area contributed by atoms with E-state index in [4.69, 9.17) is 0 Å². The molecule has 0 amide bonds. The van der Waals surface area contributed by atoms with E-state index in [9.17, 15) is 0 Å². The van der Waals surface area contributed by atoms with Crippen LogP contribution in [0.5, 0.6) is 0 Å². The molecule has 0 saturated heterocycles. The number of rotatable bonds is 3. The second-order valence-electron chi connectivity index (χ2n) is 4.36. The molecule has 0 spiro atoms. The highest BCUT2D eigenvalue weighted by atomic mass is 14.9. The monoisotopic (exact) mass is 204 g/mol. The molecule has 0 saturated carbocycles. The van der Waals surface area contributed by atoms with Gasteiger partial charge in [0.2, 0.25) is 0 Å². The third-order valence-corrected chi connectivity index (χ3v) is 3.07. The van der Waals surface area contributed by atoms with Crippen molar-refractivity contribution in [2.75, 3.05) is 17.2 Å². The van der Waals surface area contributed by atoms with E-state index < -0.39 is 0 Å². The number of fused-ring (bicyclic) bond motifs is 1. The molecule has 1 atom stereocenters. The van der Waals surface area contributed by atoms with Crippen LogP contribution in [-0.2, 0) is 6.42 Å². The first-order valence-electron chi connectivity index (χ1n) is 5.93. The first-order valence-corrected chi connectivity index (χ1v) is 5.93. The van der Waals surface area contributed by atoms with Crippen LogP contribution in [0.2, 0.25) is 0 Å². The van der Waals surface area contributed by atoms with E-state index in [2.05, 4.69) is 42.7 Å². The van der Waals surface area contributed by atoms with Gasteiger partial charge in [-0.15, -0.1) is 0 Å². The molecule has 2 rings (SSSR count). The molecule has 0 fully saturated rings. The molecule has 0 bridgehead atoms. The highest BCUT2D eigenvalue weighted by molar-refractivity contribution is 5.62. The van der Waals surface area contributed by atoms with Gasteiger partial charge >= 0.3 is 0 Å². The summed E-state index contributed by atoms with van der Waals surface area (Å²) in [4.78, 5) is 0. The maximum atomic E-state index is 3.50. The Labute approximate surface area is 92.1 Å². The molecule has 1 aromatic rings. The van der Waals surface area contributed by atoms with Gasteiger partial charge in [0.1, 0.15) is 0 Å². The molecule has 0 aliphatic carbocycles. The number of nitrogens with one attached hydrogen (secondary N) is 2. The van der Waals surface area contributed by atoms with Crippen molar-refractivity contribution < 1.29 is 0 Å². The second kappa shape index (κ2) is 4.56. The number of anilines is 2. The van der Waals surface area contributed by atoms with Crippen molar-refractivity contribution in [2.24, 2.45) is 0 Å². The van der Waals surface area contributed by atoms with Crippen molar-refractivity contribution in [3.63, 3.8) is 0 Å². The highest BCUT2D eigenvalue weighted by Crippen LogP contribution is 2.25. The minimum absolute atomic E-state index is 0.548. The maximum absolute atomic E-state index is 3.50. The minimum Gasteiger partial charge on any atom is -0.385 e. The van der Waals surface area contributed by atoms with E-state index in [-0.39, 0.29) is 0 Å². The maximum Gasteiger partial charge on any atom is 0.0393 e. The van der Waals surface area contributed by atoms with Crippen molar-refractivity contribution in [2.45, 2.75) is 39.2 Å². The Balaban J connectivity index is 2.13. The summed E-state index contributed by atoms with van der Waals surface area (Å²) in [5, 5.41) is 6.96. The molecule has 0 aromatic heterocycles. The SMILES string of the molecule is CCC(C)Nc1ccc2c(c1)NCCC2. The molecule has 2 nitrogen and oxygen atoms in total. The summed E-state index contributed by atoms with van der Waals surface area (Å²) < 4.78 is 0. The summed E-state index contributed by atoms with van der Waals surface area (Å²) in [5.74, 6) is 0. The van der Waals surface area contributed by atoms with E-state index in [1.807, 2.05) is 0 Å². The largest absolute Gasteiger partial charge is 0.385 e. The van der Waals surface area contributed by atoms with Gasteiger partial charge in [-0.05, 0) is 43.9 Å². The summed E-state index contributed by atoms with van der Waals surface area (Å²) in [6.07, 6.45) is 3.63. The lowest BCUT2D eigenvalue weighted by atomic mass is 10.0. The smallest absolute Gasteiger partial charge is 0.0393 e. The first-order chi connectivity index (χ1) is 7.29. The Morgan fingerprint density at radius 1 is 1.47 bits per heavy atom. The molecule has 1 aliphatic heterocycles. The van der Waals surface area contributed by atoms with E-state index >= 15 is 0 Å². The van der Waals surface area contributed by atoms with Gasteiger partial charge in [0.15, 0.2) is 0 Å². The van der Waals surface area contributed by atoms with Crippen molar-refractivity contribution in [1.29, 1.82) is 0 Å². The van der Waals surface area contributed by atoms with Gasteiger partial charge in [0.25, 0.3) is 0 Å². The van der Waals surface area contributed by atoms with Crippen LogP contribution in [0.1, 0.15) is 32.3 Å². The van der Waals surface area contributed by atoms with Gasteiger partial charge in [0, 0.05) is 24.0 Å². The van der Waals surface area contributed by atoms with Crippen LogP contribution in [0.25, 0.3) is 0 Å². The van der Waals surface area contributed by atoms with Crippen LogP contribution < -0.4 is 10.6 Å². The molecular formula is C13H20N2. The molecule has 2 N–H and O–H groups in total. The topological polar surface area (TPSA) is 24.1 Å².